The molecule has 0 bridgehead atoms. The Kier molecular flexibility index (Phi) is 6.11. The summed E-state index contributed by atoms with van der Waals surface area (Å²) in [5, 5.41) is 11.6. The molecule has 0 fully saturated rings. The Morgan fingerprint density at radius 2 is 2.33 bits per heavy atom. The number of carbonyl (C=O) groups is 1. The number of nitrogens with one attached hydrogen (secondary N) is 1. The van der Waals surface area contributed by atoms with Gasteiger partial charge >= 0.3 is 5.97 Å². The summed E-state index contributed by atoms with van der Waals surface area (Å²) in [6.07, 6.45) is 0.745. The Balaban J connectivity index is 2.43. The van der Waals surface area contributed by atoms with E-state index in [-0.39, 0.29) is 6.54 Å². The first-order valence-electron chi connectivity index (χ1n) is 5.56. The second kappa shape index (κ2) is 7.35. The fraction of sp³-hybridized carbons (Fsp3) is 0.417. The minimum Gasteiger partial charge on any atom is -0.496 e. The van der Waals surface area contributed by atoms with Crippen molar-refractivity contribution in [1.29, 1.82) is 0 Å². The van der Waals surface area contributed by atoms with Crippen LogP contribution in [0.5, 0.6) is 5.75 Å². The van der Waals surface area contributed by atoms with E-state index in [1.165, 1.54) is 0 Å². The molecule has 1 aromatic carbocycles. The van der Waals surface area contributed by atoms with E-state index in [2.05, 4.69) is 21.2 Å². The average Bonchev–Trinajstić information content (AvgIpc) is 2.34. The minimum atomic E-state index is -0.998. The maximum Gasteiger partial charge on any atom is 0.321 e. The van der Waals surface area contributed by atoms with Crippen molar-refractivity contribution in [2.24, 2.45) is 5.73 Å². The molecule has 0 radical (unpaired) electrons. The highest BCUT2D eigenvalue weighted by atomic mass is 79.9. The maximum absolute atomic E-state index is 10.5. The number of aliphatic carboxylic acids is 1. The highest BCUT2D eigenvalue weighted by Gasteiger charge is 2.10. The van der Waals surface area contributed by atoms with Gasteiger partial charge in [-0.2, -0.15) is 0 Å². The third-order valence-electron chi connectivity index (χ3n) is 2.50. The van der Waals surface area contributed by atoms with Gasteiger partial charge in [-0.25, -0.2) is 0 Å². The van der Waals surface area contributed by atoms with Gasteiger partial charge in [-0.3, -0.25) is 4.79 Å². The average molecular weight is 317 g/mol. The van der Waals surface area contributed by atoms with Gasteiger partial charge in [0.15, 0.2) is 0 Å². The lowest BCUT2D eigenvalue weighted by molar-refractivity contribution is -0.138. The summed E-state index contributed by atoms with van der Waals surface area (Å²) < 4.78 is 6.24. The molecule has 0 amide bonds. The molecule has 0 saturated carbocycles. The molecule has 6 heteroatoms. The van der Waals surface area contributed by atoms with Gasteiger partial charge in [-0.05, 0) is 36.7 Å². The van der Waals surface area contributed by atoms with Crippen molar-refractivity contribution < 1.29 is 14.6 Å². The summed E-state index contributed by atoms with van der Waals surface area (Å²) in [7, 11) is 1.63. The zero-order valence-electron chi connectivity index (χ0n) is 10.1. The molecular weight excluding hydrogens is 300 g/mol. The number of nitrogens with two attached hydrogens (primary N) is 1. The quantitative estimate of drug-likeness (QED) is 0.654. The van der Waals surface area contributed by atoms with Crippen LogP contribution in [0.25, 0.3) is 0 Å². The summed E-state index contributed by atoms with van der Waals surface area (Å²) in [5.41, 5.74) is 6.44. The van der Waals surface area contributed by atoms with Crippen molar-refractivity contribution >= 4 is 21.9 Å². The summed E-state index contributed by atoms with van der Waals surface area (Å²) in [6.45, 7) is 0.902. The SMILES string of the molecule is COc1ccc(Br)cc1CCNCC(N)C(=O)O. The van der Waals surface area contributed by atoms with Crippen LogP contribution in [-0.4, -0.2) is 37.3 Å². The predicted molar refractivity (Wildman–Crippen MR) is 72.9 cm³/mol. The molecule has 0 aromatic heterocycles. The second-order valence-corrected chi connectivity index (χ2v) is 4.77. The van der Waals surface area contributed by atoms with Gasteiger partial charge in [0, 0.05) is 11.0 Å². The van der Waals surface area contributed by atoms with Gasteiger partial charge in [0.05, 0.1) is 7.11 Å². The Morgan fingerprint density at radius 1 is 1.61 bits per heavy atom. The van der Waals surface area contributed by atoms with E-state index in [9.17, 15) is 4.79 Å². The normalized spacial score (nSPS) is 12.2. The Hall–Kier alpha value is -1.11. The van der Waals surface area contributed by atoms with E-state index < -0.39 is 12.0 Å². The van der Waals surface area contributed by atoms with E-state index in [0.717, 1.165) is 22.2 Å². The lowest BCUT2D eigenvalue weighted by Crippen LogP contribution is -2.40. The van der Waals surface area contributed by atoms with Crippen molar-refractivity contribution in [3.8, 4) is 5.75 Å². The molecule has 0 spiro atoms. The van der Waals surface area contributed by atoms with Crippen LogP contribution in [0.4, 0.5) is 0 Å². The molecule has 1 aromatic rings. The van der Waals surface area contributed by atoms with E-state index in [1.54, 1.807) is 7.11 Å². The number of ether oxygens (including phenoxy) is 1. The highest BCUT2D eigenvalue weighted by Crippen LogP contribution is 2.22. The molecule has 0 saturated heterocycles. The molecule has 0 aliphatic rings. The fourth-order valence-corrected chi connectivity index (χ4v) is 1.92. The predicted octanol–water partition coefficient (Wildman–Crippen LogP) is 1.00. The number of hydrogen-bond donors (Lipinski definition) is 3. The van der Waals surface area contributed by atoms with Crippen molar-refractivity contribution in [1.82, 2.24) is 5.32 Å². The third-order valence-corrected chi connectivity index (χ3v) is 2.99. The van der Waals surface area contributed by atoms with Crippen molar-refractivity contribution in [2.75, 3.05) is 20.2 Å². The van der Waals surface area contributed by atoms with E-state index in [4.69, 9.17) is 15.6 Å². The maximum atomic E-state index is 10.5. The fourth-order valence-electron chi connectivity index (χ4n) is 1.51. The monoisotopic (exact) mass is 316 g/mol. The summed E-state index contributed by atoms with van der Waals surface area (Å²) in [6, 6.07) is 4.92. The molecule has 100 valence electrons. The third kappa shape index (κ3) is 4.64. The van der Waals surface area contributed by atoms with Crippen LogP contribution >= 0.6 is 15.9 Å². The molecule has 1 rings (SSSR count). The molecule has 1 unspecified atom stereocenters. The lowest BCUT2D eigenvalue weighted by atomic mass is 10.1. The first-order chi connectivity index (χ1) is 8.54. The number of methoxy groups -OCH3 is 1. The van der Waals surface area contributed by atoms with Crippen molar-refractivity contribution in [2.45, 2.75) is 12.5 Å². The summed E-state index contributed by atoms with van der Waals surface area (Å²) >= 11 is 3.40. The molecule has 18 heavy (non-hydrogen) atoms. The van der Waals surface area contributed by atoms with Gasteiger partial charge in [-0.15, -0.1) is 0 Å². The zero-order chi connectivity index (χ0) is 13.5. The van der Waals surface area contributed by atoms with Crippen molar-refractivity contribution in [3.63, 3.8) is 0 Å². The largest absolute Gasteiger partial charge is 0.496 e. The molecular formula is C12H17BrN2O3. The molecule has 0 heterocycles. The van der Waals surface area contributed by atoms with Gasteiger partial charge in [0.25, 0.3) is 0 Å². The van der Waals surface area contributed by atoms with Gasteiger partial charge in [-0.1, -0.05) is 15.9 Å². The minimum absolute atomic E-state index is 0.256. The van der Waals surface area contributed by atoms with Crippen LogP contribution in [0.15, 0.2) is 22.7 Å². The summed E-state index contributed by atoms with van der Waals surface area (Å²) in [4.78, 5) is 10.5. The smallest absolute Gasteiger partial charge is 0.321 e. The highest BCUT2D eigenvalue weighted by molar-refractivity contribution is 9.10. The Labute approximate surface area is 114 Å². The topological polar surface area (TPSA) is 84.6 Å². The number of hydrogen-bond acceptors (Lipinski definition) is 4. The van der Waals surface area contributed by atoms with Gasteiger partial charge in [0.2, 0.25) is 0 Å². The van der Waals surface area contributed by atoms with Crippen LogP contribution in [-0.2, 0) is 11.2 Å². The van der Waals surface area contributed by atoms with Crippen LogP contribution in [0.3, 0.4) is 0 Å². The van der Waals surface area contributed by atoms with Crippen LogP contribution in [0.1, 0.15) is 5.56 Å². The number of halogens is 1. The molecule has 5 nitrogen and oxygen atoms in total. The standard InChI is InChI=1S/C12H17BrN2O3/c1-18-11-3-2-9(13)6-8(11)4-5-15-7-10(14)12(16)17/h2-3,6,10,15H,4-5,7,14H2,1H3,(H,16,17). The summed E-state index contributed by atoms with van der Waals surface area (Å²) in [5.74, 6) is -0.176. The van der Waals surface area contributed by atoms with Crippen LogP contribution in [0, 0.1) is 0 Å². The number of rotatable bonds is 7. The van der Waals surface area contributed by atoms with Crippen LogP contribution in [0.2, 0.25) is 0 Å². The Bertz CT molecular complexity index is 412. The van der Waals surface area contributed by atoms with Gasteiger partial charge < -0.3 is 20.9 Å². The van der Waals surface area contributed by atoms with Crippen LogP contribution < -0.4 is 15.8 Å². The van der Waals surface area contributed by atoms with E-state index >= 15 is 0 Å². The van der Waals surface area contributed by atoms with Gasteiger partial charge in [0.1, 0.15) is 11.8 Å². The molecule has 0 aliphatic carbocycles. The van der Waals surface area contributed by atoms with E-state index in [0.29, 0.717) is 6.54 Å². The van der Waals surface area contributed by atoms with E-state index in [1.807, 2.05) is 18.2 Å². The Morgan fingerprint density at radius 3 is 2.94 bits per heavy atom. The first-order valence-corrected chi connectivity index (χ1v) is 6.35. The lowest BCUT2D eigenvalue weighted by Gasteiger charge is -2.11. The molecule has 4 N–H and O–H groups in total. The first kappa shape index (κ1) is 14.9. The molecule has 1 atom stereocenters. The number of carboxylic acids is 1. The molecule has 0 aliphatic heterocycles. The number of benzene rings is 1. The van der Waals surface area contributed by atoms with Crippen molar-refractivity contribution in [3.05, 3.63) is 28.2 Å². The second-order valence-electron chi connectivity index (χ2n) is 3.86. The zero-order valence-corrected chi connectivity index (χ0v) is 11.7. The number of carboxylic acid groups (broad SMARTS) is 1.